The van der Waals surface area contributed by atoms with Crippen molar-refractivity contribution in [3.05, 3.63) is 52.0 Å². The first-order chi connectivity index (χ1) is 11.9. The molecule has 1 aromatic carbocycles. The lowest BCUT2D eigenvalue weighted by molar-refractivity contribution is 0.216. The van der Waals surface area contributed by atoms with E-state index in [1.165, 1.54) is 4.31 Å². The molecular weight excluding hydrogens is 358 g/mol. The van der Waals surface area contributed by atoms with E-state index in [0.29, 0.717) is 29.7 Å². The lowest BCUT2D eigenvalue weighted by Gasteiger charge is -2.36. The quantitative estimate of drug-likeness (QED) is 0.700. The van der Waals surface area contributed by atoms with Gasteiger partial charge in [0, 0.05) is 24.0 Å². The number of thiophene rings is 1. The van der Waals surface area contributed by atoms with Crippen LogP contribution in [0.4, 0.5) is 0 Å². The van der Waals surface area contributed by atoms with E-state index >= 15 is 0 Å². The normalized spacial score (nSPS) is 16.1. The van der Waals surface area contributed by atoms with Gasteiger partial charge in [-0.1, -0.05) is 22.9 Å². The summed E-state index contributed by atoms with van der Waals surface area (Å²) in [5, 5.41) is 7.89. The number of aryl methyl sites for hydroxylation is 2. The predicted molar refractivity (Wildman–Crippen MR) is 95.0 cm³/mol. The van der Waals surface area contributed by atoms with Crippen molar-refractivity contribution in [1.82, 2.24) is 14.4 Å². The van der Waals surface area contributed by atoms with Crippen LogP contribution in [-0.4, -0.2) is 36.0 Å². The van der Waals surface area contributed by atoms with Gasteiger partial charge >= 0.3 is 0 Å². The minimum absolute atomic E-state index is 0.0552. The Bertz CT molecular complexity index is 1000. The number of sulfonamides is 1. The summed E-state index contributed by atoms with van der Waals surface area (Å²) < 4.78 is 32.3. The summed E-state index contributed by atoms with van der Waals surface area (Å²) in [5.41, 5.74) is 2.73. The van der Waals surface area contributed by atoms with E-state index in [1.807, 2.05) is 42.8 Å². The van der Waals surface area contributed by atoms with E-state index in [9.17, 15) is 8.42 Å². The molecule has 130 valence electrons. The van der Waals surface area contributed by atoms with Crippen LogP contribution in [0.3, 0.4) is 0 Å². The molecule has 0 spiro atoms. The number of hydrogen-bond donors (Lipinski definition) is 0. The Morgan fingerprint density at radius 1 is 1.24 bits per heavy atom. The molecule has 6 nitrogen and oxygen atoms in total. The topological polar surface area (TPSA) is 76.3 Å². The van der Waals surface area contributed by atoms with E-state index in [2.05, 4.69) is 10.1 Å². The zero-order chi connectivity index (χ0) is 17.6. The van der Waals surface area contributed by atoms with Gasteiger partial charge in [-0.3, -0.25) is 0 Å². The molecule has 3 aromatic rings. The van der Waals surface area contributed by atoms with Gasteiger partial charge in [0.25, 0.3) is 0 Å². The SMILES string of the molecule is Cc1ccc(S(=O)(=O)N2CC(c3nc(-c4ccsc4)no3)C2)c(C)c1. The van der Waals surface area contributed by atoms with Crippen molar-refractivity contribution < 1.29 is 12.9 Å². The van der Waals surface area contributed by atoms with E-state index in [0.717, 1.165) is 16.7 Å². The average Bonchev–Trinajstić information content (AvgIpc) is 3.15. The minimum Gasteiger partial charge on any atom is -0.339 e. The first-order valence-electron chi connectivity index (χ1n) is 7.89. The molecule has 0 saturated carbocycles. The van der Waals surface area contributed by atoms with Crippen LogP contribution >= 0.6 is 11.3 Å². The molecular formula is C17H17N3O3S2. The number of nitrogens with zero attached hydrogens (tertiary/aromatic N) is 3. The van der Waals surface area contributed by atoms with Crippen LogP contribution in [0.15, 0.2) is 44.4 Å². The lowest BCUT2D eigenvalue weighted by atomic mass is 10.0. The zero-order valence-corrected chi connectivity index (χ0v) is 15.5. The standard InChI is InChI=1S/C17H17N3O3S2/c1-11-3-4-15(12(2)7-11)25(21,22)20-8-14(9-20)17-18-16(19-23-17)13-5-6-24-10-13/h3-7,10,14H,8-9H2,1-2H3. The Labute approximate surface area is 150 Å². The zero-order valence-electron chi connectivity index (χ0n) is 13.8. The van der Waals surface area contributed by atoms with Gasteiger partial charge in [-0.2, -0.15) is 20.6 Å². The van der Waals surface area contributed by atoms with Crippen molar-refractivity contribution in [2.75, 3.05) is 13.1 Å². The largest absolute Gasteiger partial charge is 0.339 e. The molecule has 4 rings (SSSR count). The summed E-state index contributed by atoms with van der Waals surface area (Å²) in [7, 11) is -3.48. The molecule has 25 heavy (non-hydrogen) atoms. The molecule has 1 fully saturated rings. The molecule has 8 heteroatoms. The maximum atomic E-state index is 12.8. The predicted octanol–water partition coefficient (Wildman–Crippen LogP) is 3.20. The Morgan fingerprint density at radius 3 is 2.72 bits per heavy atom. The van der Waals surface area contributed by atoms with Crippen LogP contribution in [-0.2, 0) is 10.0 Å². The molecule has 0 radical (unpaired) electrons. The molecule has 0 aliphatic carbocycles. The summed E-state index contributed by atoms with van der Waals surface area (Å²) in [4.78, 5) is 4.76. The van der Waals surface area contributed by atoms with Gasteiger partial charge < -0.3 is 4.52 Å². The fourth-order valence-corrected chi connectivity index (χ4v) is 5.30. The molecule has 1 saturated heterocycles. The highest BCUT2D eigenvalue weighted by Crippen LogP contribution is 2.33. The summed E-state index contributed by atoms with van der Waals surface area (Å²) >= 11 is 1.57. The van der Waals surface area contributed by atoms with Crippen LogP contribution in [0.2, 0.25) is 0 Å². The van der Waals surface area contributed by atoms with Crippen LogP contribution in [0, 0.1) is 13.8 Å². The van der Waals surface area contributed by atoms with Crippen LogP contribution in [0.25, 0.3) is 11.4 Å². The maximum absolute atomic E-state index is 12.8. The molecule has 0 bridgehead atoms. The maximum Gasteiger partial charge on any atom is 0.243 e. The molecule has 0 N–H and O–H groups in total. The first kappa shape index (κ1) is 16.4. The van der Waals surface area contributed by atoms with Gasteiger partial charge in [0.05, 0.1) is 10.8 Å². The number of benzene rings is 1. The molecule has 3 heterocycles. The van der Waals surface area contributed by atoms with Crippen molar-refractivity contribution in [1.29, 1.82) is 0 Å². The Morgan fingerprint density at radius 2 is 2.04 bits per heavy atom. The first-order valence-corrected chi connectivity index (χ1v) is 10.3. The third kappa shape index (κ3) is 2.90. The molecule has 1 aliphatic heterocycles. The van der Waals surface area contributed by atoms with Crippen LogP contribution < -0.4 is 0 Å². The van der Waals surface area contributed by atoms with E-state index in [1.54, 1.807) is 17.4 Å². The van der Waals surface area contributed by atoms with Crippen molar-refractivity contribution in [2.45, 2.75) is 24.7 Å². The summed E-state index contributed by atoms with van der Waals surface area (Å²) in [6.45, 7) is 4.49. The monoisotopic (exact) mass is 375 g/mol. The van der Waals surface area contributed by atoms with E-state index in [-0.39, 0.29) is 5.92 Å². The lowest BCUT2D eigenvalue weighted by Crippen LogP contribution is -2.48. The van der Waals surface area contributed by atoms with Gasteiger partial charge in [0.1, 0.15) is 0 Å². The third-order valence-electron chi connectivity index (χ3n) is 4.37. The van der Waals surface area contributed by atoms with Gasteiger partial charge in [-0.05, 0) is 36.9 Å². The Hall–Kier alpha value is -2.03. The van der Waals surface area contributed by atoms with E-state index < -0.39 is 10.0 Å². The van der Waals surface area contributed by atoms with Gasteiger partial charge in [0.2, 0.25) is 21.7 Å². The third-order valence-corrected chi connectivity index (χ3v) is 7.04. The van der Waals surface area contributed by atoms with Crippen molar-refractivity contribution >= 4 is 21.4 Å². The van der Waals surface area contributed by atoms with Crippen LogP contribution in [0.5, 0.6) is 0 Å². The molecule has 0 unspecified atom stereocenters. The number of hydrogen-bond acceptors (Lipinski definition) is 6. The highest BCUT2D eigenvalue weighted by Gasteiger charge is 2.40. The fraction of sp³-hybridized carbons (Fsp3) is 0.294. The summed E-state index contributed by atoms with van der Waals surface area (Å²) in [6.07, 6.45) is 0. The van der Waals surface area contributed by atoms with E-state index in [4.69, 9.17) is 4.52 Å². The van der Waals surface area contributed by atoms with Gasteiger partial charge in [0.15, 0.2) is 0 Å². The smallest absolute Gasteiger partial charge is 0.243 e. The van der Waals surface area contributed by atoms with Crippen molar-refractivity contribution in [3.8, 4) is 11.4 Å². The molecule has 0 amide bonds. The van der Waals surface area contributed by atoms with Crippen molar-refractivity contribution in [3.63, 3.8) is 0 Å². The minimum atomic E-state index is -3.48. The highest BCUT2D eigenvalue weighted by atomic mass is 32.2. The highest BCUT2D eigenvalue weighted by molar-refractivity contribution is 7.89. The Balaban J connectivity index is 1.50. The van der Waals surface area contributed by atoms with Crippen LogP contribution in [0.1, 0.15) is 22.9 Å². The Kier molecular flexibility index (Phi) is 3.98. The number of aromatic nitrogens is 2. The summed E-state index contributed by atoms with van der Waals surface area (Å²) in [6, 6.07) is 7.31. The molecule has 0 atom stereocenters. The van der Waals surface area contributed by atoms with Gasteiger partial charge in [-0.25, -0.2) is 8.42 Å². The molecule has 1 aliphatic rings. The second-order valence-corrected chi connectivity index (χ2v) is 8.94. The number of rotatable bonds is 4. The summed E-state index contributed by atoms with van der Waals surface area (Å²) in [5.74, 6) is 0.987. The average molecular weight is 375 g/mol. The molecule has 2 aromatic heterocycles. The second-order valence-electron chi connectivity index (χ2n) is 6.26. The van der Waals surface area contributed by atoms with Gasteiger partial charge in [-0.15, -0.1) is 0 Å². The van der Waals surface area contributed by atoms with Crippen molar-refractivity contribution in [2.24, 2.45) is 0 Å². The second kappa shape index (κ2) is 6.05. The fourth-order valence-electron chi connectivity index (χ4n) is 2.93.